The predicted octanol–water partition coefficient (Wildman–Crippen LogP) is 2.15. The van der Waals surface area contributed by atoms with Crippen molar-refractivity contribution in [1.29, 1.82) is 0 Å². The van der Waals surface area contributed by atoms with E-state index in [0.29, 0.717) is 12.8 Å². The van der Waals surface area contributed by atoms with Crippen molar-refractivity contribution in [2.24, 2.45) is 0 Å². The van der Waals surface area contributed by atoms with Crippen molar-refractivity contribution >= 4 is 27.6 Å². The van der Waals surface area contributed by atoms with Crippen LogP contribution in [0.15, 0.2) is 12.3 Å². The Labute approximate surface area is 141 Å². The molecule has 2 N–H and O–H groups in total. The molecule has 2 heterocycles. The summed E-state index contributed by atoms with van der Waals surface area (Å²) in [6.45, 7) is -1.59. The molecular formula is C12H15ClF4N4O2S. The van der Waals surface area contributed by atoms with Gasteiger partial charge in [-0.25, -0.2) is 9.37 Å². The fraction of sp³-hybridized carbons (Fsp3) is 0.583. The molecule has 1 aliphatic rings. The average molecular weight is 391 g/mol. The number of rotatable bonds is 5. The van der Waals surface area contributed by atoms with E-state index in [1.54, 1.807) is 0 Å². The van der Waals surface area contributed by atoms with Crippen molar-refractivity contribution in [3.8, 4) is 0 Å². The molecule has 0 bridgehead atoms. The molecule has 6 nitrogen and oxygen atoms in total. The van der Waals surface area contributed by atoms with E-state index >= 15 is 0 Å². The fourth-order valence-corrected chi connectivity index (χ4v) is 3.58. The molecule has 24 heavy (non-hydrogen) atoms. The Morgan fingerprint density at radius 2 is 1.96 bits per heavy atom. The summed E-state index contributed by atoms with van der Waals surface area (Å²) in [5.74, 6) is -0.639. The van der Waals surface area contributed by atoms with E-state index in [-0.39, 0.29) is 30.0 Å². The third-order valence-electron chi connectivity index (χ3n) is 3.40. The molecule has 1 aromatic heterocycles. The van der Waals surface area contributed by atoms with Gasteiger partial charge in [0.1, 0.15) is 6.54 Å². The number of anilines is 1. The molecule has 1 saturated heterocycles. The normalized spacial score (nSPS) is 17.9. The maximum absolute atomic E-state index is 13.7. The molecule has 0 unspecified atom stereocenters. The number of nitrogens with one attached hydrogen (secondary N) is 2. The highest BCUT2D eigenvalue weighted by Crippen LogP contribution is 2.21. The Hall–Kier alpha value is -1.17. The first-order valence-corrected chi connectivity index (χ1v) is 8.78. The molecule has 136 valence electrons. The Morgan fingerprint density at radius 1 is 1.33 bits per heavy atom. The Balaban J connectivity index is 1.89. The molecular weight excluding hydrogens is 376 g/mol. The lowest BCUT2D eigenvalue weighted by Gasteiger charge is -2.32. The van der Waals surface area contributed by atoms with Gasteiger partial charge < -0.3 is 5.32 Å². The van der Waals surface area contributed by atoms with Gasteiger partial charge in [-0.2, -0.15) is 30.6 Å². The minimum absolute atomic E-state index is 0.00379. The molecule has 1 aromatic rings. The van der Waals surface area contributed by atoms with Crippen LogP contribution in [0.3, 0.4) is 0 Å². The summed E-state index contributed by atoms with van der Waals surface area (Å²) in [6.07, 6.45) is -2.74. The van der Waals surface area contributed by atoms with Crippen LogP contribution in [0.5, 0.6) is 0 Å². The number of nitrogens with zero attached hydrogens (tertiary/aromatic N) is 2. The quantitative estimate of drug-likeness (QED) is 0.755. The molecule has 0 aliphatic carbocycles. The number of halogens is 5. The monoisotopic (exact) mass is 390 g/mol. The van der Waals surface area contributed by atoms with Crippen molar-refractivity contribution < 1.29 is 26.0 Å². The third kappa shape index (κ3) is 5.43. The minimum atomic E-state index is -4.62. The second-order valence-corrected chi connectivity index (χ2v) is 7.43. The lowest BCUT2D eigenvalue weighted by molar-refractivity contribution is -0.121. The highest BCUT2D eigenvalue weighted by Gasteiger charge is 2.33. The van der Waals surface area contributed by atoms with Gasteiger partial charge in [-0.15, -0.1) is 0 Å². The molecule has 0 atom stereocenters. The molecule has 0 aromatic carbocycles. The summed E-state index contributed by atoms with van der Waals surface area (Å²) >= 11 is 5.60. The van der Waals surface area contributed by atoms with Gasteiger partial charge in [0.25, 0.3) is 10.2 Å². The van der Waals surface area contributed by atoms with E-state index in [1.165, 1.54) is 10.9 Å². The van der Waals surface area contributed by atoms with Crippen molar-refractivity contribution in [3.63, 3.8) is 0 Å². The lowest BCUT2D eigenvalue weighted by Crippen LogP contribution is -2.49. The summed E-state index contributed by atoms with van der Waals surface area (Å²) in [4.78, 5) is 3.81. The first-order valence-electron chi connectivity index (χ1n) is 6.96. The van der Waals surface area contributed by atoms with E-state index in [9.17, 15) is 26.0 Å². The number of aromatic nitrogens is 1. The zero-order valence-corrected chi connectivity index (χ0v) is 13.8. The summed E-state index contributed by atoms with van der Waals surface area (Å²) in [5.41, 5.74) is 0. The maximum atomic E-state index is 13.7. The molecule has 2 rings (SSSR count). The fourth-order valence-electron chi connectivity index (χ4n) is 2.22. The van der Waals surface area contributed by atoms with Crippen LogP contribution in [0.4, 0.5) is 23.4 Å². The first-order chi connectivity index (χ1) is 11.1. The van der Waals surface area contributed by atoms with Gasteiger partial charge in [-0.1, -0.05) is 11.6 Å². The number of hydrogen-bond acceptors (Lipinski definition) is 4. The van der Waals surface area contributed by atoms with Crippen LogP contribution in [-0.4, -0.2) is 49.6 Å². The van der Waals surface area contributed by atoms with Gasteiger partial charge in [0.05, 0.1) is 5.02 Å². The van der Waals surface area contributed by atoms with Gasteiger partial charge in [0, 0.05) is 25.3 Å². The molecule has 1 fully saturated rings. The van der Waals surface area contributed by atoms with E-state index in [4.69, 9.17) is 11.6 Å². The van der Waals surface area contributed by atoms with Gasteiger partial charge in [-0.3, -0.25) is 0 Å². The zero-order valence-electron chi connectivity index (χ0n) is 12.3. The Bertz CT molecular complexity index is 678. The Kier molecular flexibility index (Phi) is 5.89. The zero-order chi connectivity index (χ0) is 18.0. The minimum Gasteiger partial charge on any atom is -0.365 e. The molecule has 12 heteroatoms. The van der Waals surface area contributed by atoms with Gasteiger partial charge in [-0.05, 0) is 18.9 Å². The largest absolute Gasteiger partial charge is 0.402 e. The van der Waals surface area contributed by atoms with Crippen molar-refractivity contribution in [1.82, 2.24) is 14.0 Å². The summed E-state index contributed by atoms with van der Waals surface area (Å²) in [6, 6.07) is 0.847. The first kappa shape index (κ1) is 19.2. The Morgan fingerprint density at radius 3 is 2.50 bits per heavy atom. The highest BCUT2D eigenvalue weighted by atomic mass is 35.5. The van der Waals surface area contributed by atoms with Crippen molar-refractivity contribution in [2.75, 3.05) is 25.0 Å². The van der Waals surface area contributed by atoms with Crippen molar-refractivity contribution in [2.45, 2.75) is 25.1 Å². The number of alkyl halides is 3. The summed E-state index contributed by atoms with van der Waals surface area (Å²) in [5, 5.41) is 2.99. The number of piperidine rings is 1. The third-order valence-corrected chi connectivity index (χ3v) is 5.16. The summed E-state index contributed by atoms with van der Waals surface area (Å²) < 4.78 is 76.0. The van der Waals surface area contributed by atoms with Gasteiger partial charge in [0.15, 0.2) is 11.6 Å². The summed E-state index contributed by atoms with van der Waals surface area (Å²) in [7, 11) is -4.20. The van der Waals surface area contributed by atoms with Crippen LogP contribution in [0.1, 0.15) is 12.8 Å². The second-order valence-electron chi connectivity index (χ2n) is 5.24. The van der Waals surface area contributed by atoms with E-state index in [0.717, 1.165) is 10.4 Å². The van der Waals surface area contributed by atoms with Crippen LogP contribution in [-0.2, 0) is 10.2 Å². The highest BCUT2D eigenvalue weighted by molar-refractivity contribution is 7.87. The van der Waals surface area contributed by atoms with E-state index in [2.05, 4.69) is 10.3 Å². The lowest BCUT2D eigenvalue weighted by atomic mass is 10.1. The second kappa shape index (κ2) is 7.38. The smallest absolute Gasteiger partial charge is 0.365 e. The van der Waals surface area contributed by atoms with Crippen molar-refractivity contribution in [3.05, 3.63) is 23.1 Å². The van der Waals surface area contributed by atoms with E-state index < -0.39 is 28.7 Å². The van der Waals surface area contributed by atoms with Crippen LogP contribution < -0.4 is 10.0 Å². The topological polar surface area (TPSA) is 74.3 Å². The van der Waals surface area contributed by atoms with Crippen LogP contribution >= 0.6 is 11.6 Å². The molecule has 1 aliphatic heterocycles. The maximum Gasteiger partial charge on any atom is 0.402 e. The number of hydrogen-bond donors (Lipinski definition) is 2. The van der Waals surface area contributed by atoms with Crippen LogP contribution in [0.2, 0.25) is 5.02 Å². The van der Waals surface area contributed by atoms with Crippen LogP contribution in [0.25, 0.3) is 0 Å². The van der Waals surface area contributed by atoms with Gasteiger partial charge >= 0.3 is 6.18 Å². The molecule has 0 radical (unpaired) electrons. The number of pyridine rings is 1. The average Bonchev–Trinajstić information content (AvgIpc) is 2.48. The molecule has 0 saturated carbocycles. The molecule has 0 spiro atoms. The molecule has 0 amide bonds. The van der Waals surface area contributed by atoms with Gasteiger partial charge in [0.2, 0.25) is 0 Å². The SMILES string of the molecule is O=S(=O)(NCC(F)(F)F)N1CCC(Nc2ncc(Cl)cc2F)CC1. The van der Waals surface area contributed by atoms with E-state index in [1.807, 2.05) is 0 Å². The standard InChI is InChI=1S/C12H15ClF4N4O2S/c13-8-5-10(14)11(18-6-8)20-9-1-3-21(4-2-9)24(22,23)19-7-12(15,16)17/h5-6,9,19H,1-4,7H2,(H,18,20). The predicted molar refractivity (Wildman–Crippen MR) is 80.4 cm³/mol. The van der Waals surface area contributed by atoms with Crippen LogP contribution in [0, 0.1) is 5.82 Å².